The summed E-state index contributed by atoms with van der Waals surface area (Å²) in [5, 5.41) is 13.2. The molecular weight excluding hydrogens is 334 g/mol. The first-order chi connectivity index (χ1) is 12.5. The normalized spacial score (nSPS) is 20.4. The summed E-state index contributed by atoms with van der Waals surface area (Å²) >= 11 is 0. The van der Waals surface area contributed by atoms with Crippen molar-refractivity contribution in [2.24, 2.45) is 0 Å². The standard InChI is InChI=1S/C19H25N3O4/c1-4-16-13(6-7-22(16)5-2)20-14-9-11(26-3)8-12-17(23)10-15(19(24)25)21-18(12)14/h8-10,13,16,20H,4-7H2,1-3H3,(H,21,23)(H,24,25). The number of aromatic carboxylic acids is 1. The second-order valence-electron chi connectivity index (χ2n) is 6.59. The number of anilines is 1. The first-order valence-electron chi connectivity index (χ1n) is 8.97. The van der Waals surface area contributed by atoms with Crippen LogP contribution >= 0.6 is 0 Å². The Morgan fingerprint density at radius 3 is 2.77 bits per heavy atom. The van der Waals surface area contributed by atoms with Crippen LogP contribution in [0.4, 0.5) is 5.69 Å². The van der Waals surface area contributed by atoms with Gasteiger partial charge in [-0.3, -0.25) is 9.69 Å². The number of rotatable bonds is 6. The highest BCUT2D eigenvalue weighted by Gasteiger charge is 2.32. The number of carboxylic acid groups (broad SMARTS) is 1. The Hall–Kier alpha value is -2.54. The summed E-state index contributed by atoms with van der Waals surface area (Å²) in [6.07, 6.45) is 2.01. The minimum absolute atomic E-state index is 0.121. The molecule has 0 spiro atoms. The maximum Gasteiger partial charge on any atom is 0.352 e. The maximum atomic E-state index is 12.4. The van der Waals surface area contributed by atoms with E-state index in [4.69, 9.17) is 4.74 Å². The van der Waals surface area contributed by atoms with Gasteiger partial charge in [-0.2, -0.15) is 0 Å². The van der Waals surface area contributed by atoms with Gasteiger partial charge in [0.05, 0.1) is 23.7 Å². The lowest BCUT2D eigenvalue weighted by molar-refractivity contribution is 0.0691. The van der Waals surface area contributed by atoms with Gasteiger partial charge in [0.25, 0.3) is 0 Å². The molecule has 3 rings (SSSR count). The van der Waals surface area contributed by atoms with E-state index in [0.717, 1.165) is 32.0 Å². The summed E-state index contributed by atoms with van der Waals surface area (Å²) < 4.78 is 5.34. The van der Waals surface area contributed by atoms with Crippen LogP contribution < -0.4 is 15.5 Å². The van der Waals surface area contributed by atoms with Crippen LogP contribution in [0.2, 0.25) is 0 Å². The van der Waals surface area contributed by atoms with E-state index in [0.29, 0.717) is 28.4 Å². The number of methoxy groups -OCH3 is 1. The average Bonchev–Trinajstić information content (AvgIpc) is 3.03. The molecule has 7 heteroatoms. The number of aromatic amines is 1. The number of ether oxygens (including phenoxy) is 1. The van der Waals surface area contributed by atoms with Gasteiger partial charge in [-0.15, -0.1) is 0 Å². The fraction of sp³-hybridized carbons (Fsp3) is 0.474. The largest absolute Gasteiger partial charge is 0.497 e. The molecule has 1 fully saturated rings. The number of likely N-dealkylation sites (N-methyl/N-ethyl adjacent to an activating group) is 1. The third-order valence-electron chi connectivity index (χ3n) is 5.20. The molecule has 2 atom stereocenters. The lowest BCUT2D eigenvalue weighted by atomic mass is 10.0. The van der Waals surface area contributed by atoms with Crippen LogP contribution in [0, 0.1) is 0 Å². The van der Waals surface area contributed by atoms with Crippen LogP contribution in [-0.2, 0) is 0 Å². The molecule has 3 N–H and O–H groups in total. The average molecular weight is 359 g/mol. The molecule has 140 valence electrons. The predicted molar refractivity (Wildman–Crippen MR) is 101 cm³/mol. The Bertz CT molecular complexity index is 877. The molecule has 1 aromatic carbocycles. The zero-order chi connectivity index (χ0) is 18.8. The number of benzene rings is 1. The summed E-state index contributed by atoms with van der Waals surface area (Å²) in [6.45, 7) is 6.34. The fourth-order valence-electron chi connectivity index (χ4n) is 3.89. The fourth-order valence-corrected chi connectivity index (χ4v) is 3.89. The van der Waals surface area contributed by atoms with E-state index in [1.54, 1.807) is 13.2 Å². The molecule has 0 radical (unpaired) electrons. The van der Waals surface area contributed by atoms with Crippen LogP contribution in [0.15, 0.2) is 23.0 Å². The van der Waals surface area contributed by atoms with E-state index < -0.39 is 5.97 Å². The minimum Gasteiger partial charge on any atom is -0.497 e. The number of hydrogen-bond donors (Lipinski definition) is 3. The Morgan fingerprint density at radius 2 is 2.15 bits per heavy atom. The maximum absolute atomic E-state index is 12.4. The van der Waals surface area contributed by atoms with E-state index in [9.17, 15) is 14.7 Å². The number of pyridine rings is 1. The van der Waals surface area contributed by atoms with Crippen LogP contribution in [0.5, 0.6) is 5.75 Å². The molecule has 2 aromatic rings. The highest BCUT2D eigenvalue weighted by molar-refractivity contribution is 5.95. The number of carbonyl (C=O) groups is 1. The topological polar surface area (TPSA) is 94.7 Å². The van der Waals surface area contributed by atoms with Crippen molar-refractivity contribution in [3.63, 3.8) is 0 Å². The number of nitrogens with one attached hydrogen (secondary N) is 2. The van der Waals surface area contributed by atoms with Crippen molar-refractivity contribution in [1.82, 2.24) is 9.88 Å². The molecule has 2 heterocycles. The van der Waals surface area contributed by atoms with Gasteiger partial charge >= 0.3 is 5.97 Å². The van der Waals surface area contributed by atoms with Gasteiger partial charge in [-0.25, -0.2) is 4.79 Å². The van der Waals surface area contributed by atoms with Crippen molar-refractivity contribution >= 4 is 22.6 Å². The summed E-state index contributed by atoms with van der Waals surface area (Å²) in [6, 6.07) is 5.18. The van der Waals surface area contributed by atoms with Crippen LogP contribution in [-0.4, -0.2) is 53.2 Å². The van der Waals surface area contributed by atoms with Crippen molar-refractivity contribution in [2.75, 3.05) is 25.5 Å². The first-order valence-corrected chi connectivity index (χ1v) is 8.97. The molecule has 1 aliphatic rings. The molecule has 1 aliphatic heterocycles. The monoisotopic (exact) mass is 359 g/mol. The summed E-state index contributed by atoms with van der Waals surface area (Å²) in [5.74, 6) is -0.595. The third-order valence-corrected chi connectivity index (χ3v) is 5.20. The van der Waals surface area contributed by atoms with Crippen molar-refractivity contribution in [3.05, 3.63) is 34.1 Å². The van der Waals surface area contributed by atoms with Crippen LogP contribution in [0.3, 0.4) is 0 Å². The Balaban J connectivity index is 2.09. The van der Waals surface area contributed by atoms with Gasteiger partial charge in [0.15, 0.2) is 5.43 Å². The molecule has 26 heavy (non-hydrogen) atoms. The molecule has 0 aliphatic carbocycles. The predicted octanol–water partition coefficient (Wildman–Crippen LogP) is 2.52. The highest BCUT2D eigenvalue weighted by Crippen LogP contribution is 2.30. The molecular formula is C19H25N3O4. The number of H-pyrrole nitrogens is 1. The van der Waals surface area contributed by atoms with Gasteiger partial charge < -0.3 is 20.1 Å². The number of aromatic nitrogens is 1. The number of likely N-dealkylation sites (tertiary alicyclic amines) is 1. The molecule has 7 nitrogen and oxygen atoms in total. The summed E-state index contributed by atoms with van der Waals surface area (Å²) in [4.78, 5) is 29.1. The SMILES string of the molecule is CCC1C(Nc2cc(OC)cc3c(=O)cc(C(=O)O)[nH]c23)CCN1CC. The van der Waals surface area contributed by atoms with E-state index >= 15 is 0 Å². The zero-order valence-corrected chi connectivity index (χ0v) is 15.3. The number of fused-ring (bicyclic) bond motifs is 1. The van der Waals surface area contributed by atoms with Gasteiger partial charge in [0, 0.05) is 30.8 Å². The zero-order valence-electron chi connectivity index (χ0n) is 15.3. The van der Waals surface area contributed by atoms with E-state index in [1.807, 2.05) is 6.07 Å². The van der Waals surface area contributed by atoms with Crippen molar-refractivity contribution in [3.8, 4) is 5.75 Å². The van der Waals surface area contributed by atoms with Crippen molar-refractivity contribution in [1.29, 1.82) is 0 Å². The van der Waals surface area contributed by atoms with Gasteiger partial charge in [-0.1, -0.05) is 13.8 Å². The first kappa shape index (κ1) is 18.3. The second-order valence-corrected chi connectivity index (χ2v) is 6.59. The van der Waals surface area contributed by atoms with Crippen LogP contribution in [0.1, 0.15) is 37.2 Å². The summed E-state index contributed by atoms with van der Waals surface area (Å²) in [7, 11) is 1.55. The molecule has 0 saturated carbocycles. The number of hydrogen-bond acceptors (Lipinski definition) is 5. The van der Waals surface area contributed by atoms with E-state index in [-0.39, 0.29) is 17.2 Å². The summed E-state index contributed by atoms with van der Waals surface area (Å²) in [5.41, 5.74) is 0.734. The Morgan fingerprint density at radius 1 is 1.38 bits per heavy atom. The molecule has 2 unspecified atom stereocenters. The minimum atomic E-state index is -1.16. The highest BCUT2D eigenvalue weighted by atomic mass is 16.5. The van der Waals surface area contributed by atoms with E-state index in [2.05, 4.69) is 29.0 Å². The quantitative estimate of drug-likeness (QED) is 0.734. The molecule has 1 aromatic heterocycles. The molecule has 0 bridgehead atoms. The number of carboxylic acids is 1. The smallest absolute Gasteiger partial charge is 0.352 e. The Kier molecular flexibility index (Phi) is 5.18. The Labute approximate surface area is 152 Å². The second kappa shape index (κ2) is 7.37. The van der Waals surface area contributed by atoms with Gasteiger partial charge in [-0.05, 0) is 25.5 Å². The van der Waals surface area contributed by atoms with Gasteiger partial charge in [0.2, 0.25) is 0 Å². The lowest BCUT2D eigenvalue weighted by Gasteiger charge is -2.27. The van der Waals surface area contributed by atoms with E-state index in [1.165, 1.54) is 0 Å². The van der Waals surface area contributed by atoms with Crippen molar-refractivity contribution < 1.29 is 14.6 Å². The molecule has 0 amide bonds. The number of nitrogens with zero attached hydrogens (tertiary/aromatic N) is 1. The third kappa shape index (κ3) is 3.26. The van der Waals surface area contributed by atoms with Crippen LogP contribution in [0.25, 0.3) is 10.9 Å². The lowest BCUT2D eigenvalue weighted by Crippen LogP contribution is -2.38. The molecule has 1 saturated heterocycles. The van der Waals surface area contributed by atoms with Gasteiger partial charge in [0.1, 0.15) is 11.4 Å². The van der Waals surface area contributed by atoms with Crippen molar-refractivity contribution in [2.45, 2.75) is 38.8 Å².